The highest BCUT2D eigenvalue weighted by molar-refractivity contribution is 5.70. The van der Waals surface area contributed by atoms with Crippen LogP contribution >= 0.6 is 0 Å². The summed E-state index contributed by atoms with van der Waals surface area (Å²) in [7, 11) is 0. The third-order valence-electron chi connectivity index (χ3n) is 2.97. The Labute approximate surface area is 128 Å². The van der Waals surface area contributed by atoms with E-state index < -0.39 is 0 Å². The SMILES string of the molecule is CC#CC(CC)OC(=O)CCCCC(=O)OCCCCC. The van der Waals surface area contributed by atoms with Crippen LogP contribution in [0, 0.1) is 11.8 Å². The van der Waals surface area contributed by atoms with Crippen molar-refractivity contribution in [1.82, 2.24) is 0 Å². The van der Waals surface area contributed by atoms with Crippen LogP contribution in [0.3, 0.4) is 0 Å². The maximum atomic E-state index is 11.6. The van der Waals surface area contributed by atoms with Crippen molar-refractivity contribution < 1.29 is 19.1 Å². The van der Waals surface area contributed by atoms with Gasteiger partial charge >= 0.3 is 11.9 Å². The summed E-state index contributed by atoms with van der Waals surface area (Å²) >= 11 is 0. The number of hydrogen-bond donors (Lipinski definition) is 0. The second-order valence-corrected chi connectivity index (χ2v) is 4.92. The maximum Gasteiger partial charge on any atom is 0.307 e. The standard InChI is InChI=1S/C17H28O4/c1-4-7-10-14-20-16(18)12-8-9-13-17(19)21-15(6-3)11-5-2/h15H,4,6-10,12-14H2,1-3H3. The molecule has 0 rings (SSSR count). The van der Waals surface area contributed by atoms with Gasteiger partial charge in [-0.3, -0.25) is 9.59 Å². The molecule has 21 heavy (non-hydrogen) atoms. The van der Waals surface area contributed by atoms with E-state index in [0.29, 0.717) is 38.7 Å². The predicted octanol–water partition coefficient (Wildman–Crippen LogP) is 3.63. The molecule has 0 aliphatic carbocycles. The van der Waals surface area contributed by atoms with E-state index in [2.05, 4.69) is 18.8 Å². The fraction of sp³-hybridized carbons (Fsp3) is 0.765. The Morgan fingerprint density at radius 3 is 2.24 bits per heavy atom. The molecule has 0 N–H and O–H groups in total. The fourth-order valence-electron chi connectivity index (χ4n) is 1.74. The number of carbonyl (C=O) groups excluding carboxylic acids is 2. The van der Waals surface area contributed by atoms with Gasteiger partial charge in [0, 0.05) is 12.8 Å². The van der Waals surface area contributed by atoms with Gasteiger partial charge in [-0.05, 0) is 32.6 Å². The van der Waals surface area contributed by atoms with Crippen LogP contribution in [-0.4, -0.2) is 24.6 Å². The molecule has 0 saturated carbocycles. The average Bonchev–Trinajstić information content (AvgIpc) is 2.47. The van der Waals surface area contributed by atoms with Gasteiger partial charge in [-0.25, -0.2) is 0 Å². The van der Waals surface area contributed by atoms with Crippen LogP contribution in [0.4, 0.5) is 0 Å². The number of carbonyl (C=O) groups is 2. The van der Waals surface area contributed by atoms with E-state index >= 15 is 0 Å². The molecule has 120 valence electrons. The minimum atomic E-state index is -0.314. The van der Waals surface area contributed by atoms with E-state index in [4.69, 9.17) is 9.47 Å². The zero-order valence-corrected chi connectivity index (χ0v) is 13.6. The Morgan fingerprint density at radius 2 is 1.67 bits per heavy atom. The Kier molecular flexibility index (Phi) is 12.5. The van der Waals surface area contributed by atoms with E-state index in [0.717, 1.165) is 19.3 Å². The molecule has 1 unspecified atom stereocenters. The smallest absolute Gasteiger partial charge is 0.307 e. The van der Waals surface area contributed by atoms with Gasteiger partial charge < -0.3 is 9.47 Å². The van der Waals surface area contributed by atoms with Gasteiger partial charge in [0.15, 0.2) is 6.10 Å². The largest absolute Gasteiger partial charge is 0.466 e. The van der Waals surface area contributed by atoms with Crippen molar-refractivity contribution in [2.24, 2.45) is 0 Å². The summed E-state index contributed by atoms with van der Waals surface area (Å²) in [4.78, 5) is 23.0. The molecule has 4 heteroatoms. The highest BCUT2D eigenvalue weighted by Crippen LogP contribution is 2.06. The molecule has 4 nitrogen and oxygen atoms in total. The number of ether oxygens (including phenoxy) is 2. The molecule has 0 fully saturated rings. The van der Waals surface area contributed by atoms with Crippen molar-refractivity contribution in [2.75, 3.05) is 6.61 Å². The molecule has 0 radical (unpaired) electrons. The van der Waals surface area contributed by atoms with Crippen LogP contribution in [0.1, 0.15) is 72.1 Å². The first-order valence-corrected chi connectivity index (χ1v) is 7.91. The van der Waals surface area contributed by atoms with Crippen molar-refractivity contribution in [3.05, 3.63) is 0 Å². The van der Waals surface area contributed by atoms with Crippen molar-refractivity contribution >= 4 is 11.9 Å². The van der Waals surface area contributed by atoms with Gasteiger partial charge in [-0.15, -0.1) is 5.92 Å². The molecule has 0 aliphatic rings. The summed E-state index contributed by atoms with van der Waals surface area (Å²) in [6, 6.07) is 0. The van der Waals surface area contributed by atoms with Crippen LogP contribution in [0.15, 0.2) is 0 Å². The molecule has 0 saturated heterocycles. The summed E-state index contributed by atoms with van der Waals surface area (Å²) in [6.07, 6.45) is 5.47. The molecular weight excluding hydrogens is 268 g/mol. The highest BCUT2D eigenvalue weighted by Gasteiger charge is 2.10. The monoisotopic (exact) mass is 296 g/mol. The van der Waals surface area contributed by atoms with Crippen molar-refractivity contribution in [3.63, 3.8) is 0 Å². The summed E-state index contributed by atoms with van der Waals surface area (Å²) in [5.41, 5.74) is 0. The maximum absolute atomic E-state index is 11.6. The first-order chi connectivity index (χ1) is 10.1. The topological polar surface area (TPSA) is 52.6 Å². The van der Waals surface area contributed by atoms with Gasteiger partial charge in [0.2, 0.25) is 0 Å². The molecule has 1 atom stereocenters. The van der Waals surface area contributed by atoms with E-state index in [1.807, 2.05) is 6.92 Å². The summed E-state index contributed by atoms with van der Waals surface area (Å²) in [5.74, 6) is 5.16. The van der Waals surface area contributed by atoms with Crippen LogP contribution < -0.4 is 0 Å². The number of rotatable bonds is 11. The minimum absolute atomic E-state index is 0.178. The number of esters is 2. The lowest BCUT2D eigenvalue weighted by molar-refractivity contribution is -0.147. The zero-order chi connectivity index (χ0) is 15.9. The van der Waals surface area contributed by atoms with Crippen LogP contribution in [0.25, 0.3) is 0 Å². The van der Waals surface area contributed by atoms with Gasteiger partial charge in [0.05, 0.1) is 6.61 Å². The molecule has 0 amide bonds. The van der Waals surface area contributed by atoms with E-state index in [1.54, 1.807) is 6.92 Å². The lowest BCUT2D eigenvalue weighted by Crippen LogP contribution is -2.15. The Hall–Kier alpha value is -1.50. The predicted molar refractivity (Wildman–Crippen MR) is 82.6 cm³/mol. The Balaban J connectivity index is 3.62. The normalized spacial score (nSPS) is 11.2. The summed E-state index contributed by atoms with van der Waals surface area (Å²) in [5, 5.41) is 0. The van der Waals surface area contributed by atoms with Crippen molar-refractivity contribution in [2.45, 2.75) is 78.2 Å². The number of hydrogen-bond acceptors (Lipinski definition) is 4. The Morgan fingerprint density at radius 1 is 1.00 bits per heavy atom. The molecule has 0 aromatic carbocycles. The third kappa shape index (κ3) is 12.0. The molecule has 0 spiro atoms. The molecule has 0 heterocycles. The van der Waals surface area contributed by atoms with Crippen LogP contribution in [-0.2, 0) is 19.1 Å². The highest BCUT2D eigenvalue weighted by atomic mass is 16.5. The molecule has 0 aromatic heterocycles. The van der Waals surface area contributed by atoms with Crippen LogP contribution in [0.2, 0.25) is 0 Å². The average molecular weight is 296 g/mol. The molecule has 0 aliphatic heterocycles. The Bertz CT molecular complexity index is 352. The molecule has 0 aromatic rings. The van der Waals surface area contributed by atoms with Gasteiger partial charge in [0.25, 0.3) is 0 Å². The third-order valence-corrected chi connectivity index (χ3v) is 2.97. The van der Waals surface area contributed by atoms with Crippen molar-refractivity contribution in [3.8, 4) is 11.8 Å². The van der Waals surface area contributed by atoms with E-state index in [1.165, 1.54) is 0 Å². The first kappa shape index (κ1) is 19.5. The van der Waals surface area contributed by atoms with Gasteiger partial charge in [0.1, 0.15) is 0 Å². The minimum Gasteiger partial charge on any atom is -0.466 e. The van der Waals surface area contributed by atoms with Gasteiger partial charge in [-0.2, -0.15) is 0 Å². The molecule has 0 bridgehead atoms. The molecular formula is C17H28O4. The second kappa shape index (κ2) is 13.5. The quantitative estimate of drug-likeness (QED) is 0.332. The second-order valence-electron chi connectivity index (χ2n) is 4.92. The van der Waals surface area contributed by atoms with E-state index in [9.17, 15) is 9.59 Å². The first-order valence-electron chi connectivity index (χ1n) is 7.91. The summed E-state index contributed by atoms with van der Waals surface area (Å²) < 4.78 is 10.3. The van der Waals surface area contributed by atoms with Gasteiger partial charge in [-0.1, -0.05) is 32.6 Å². The van der Waals surface area contributed by atoms with Crippen molar-refractivity contribution in [1.29, 1.82) is 0 Å². The van der Waals surface area contributed by atoms with Crippen LogP contribution in [0.5, 0.6) is 0 Å². The fourth-order valence-corrected chi connectivity index (χ4v) is 1.74. The lowest BCUT2D eigenvalue weighted by atomic mass is 10.2. The zero-order valence-electron chi connectivity index (χ0n) is 13.6. The summed E-state index contributed by atoms with van der Waals surface area (Å²) in [6.45, 7) is 6.26. The number of unbranched alkanes of at least 4 members (excludes halogenated alkanes) is 3. The lowest BCUT2D eigenvalue weighted by Gasteiger charge is -2.10. The van der Waals surface area contributed by atoms with E-state index in [-0.39, 0.29) is 18.0 Å².